The zero-order valence-electron chi connectivity index (χ0n) is 26.6. The van der Waals surface area contributed by atoms with E-state index in [4.69, 9.17) is 23.6 Å². The molecule has 1 aromatic heterocycles. The Kier molecular flexibility index (Phi) is 10.7. The second-order valence-electron chi connectivity index (χ2n) is 11.4. The number of amides is 1. The third kappa shape index (κ3) is 8.21. The highest BCUT2D eigenvalue weighted by Gasteiger charge is 2.33. The third-order valence-electron chi connectivity index (χ3n) is 7.86. The number of aliphatic hydroxyl groups is 1. The number of oxazole rings is 1. The highest BCUT2D eigenvalue weighted by atomic mass is 32.2. The van der Waals surface area contributed by atoms with E-state index in [0.717, 1.165) is 33.5 Å². The lowest BCUT2D eigenvalue weighted by molar-refractivity contribution is -0.245. The Labute approximate surface area is 283 Å². The molecule has 1 saturated heterocycles. The van der Waals surface area contributed by atoms with Gasteiger partial charge in [0.1, 0.15) is 5.69 Å². The van der Waals surface area contributed by atoms with Crippen molar-refractivity contribution in [3.63, 3.8) is 0 Å². The normalized spacial score (nSPS) is 18.2. The van der Waals surface area contributed by atoms with Crippen LogP contribution in [0.25, 0.3) is 22.6 Å². The topological polar surface area (TPSA) is 120 Å². The van der Waals surface area contributed by atoms with Crippen LogP contribution < -0.4 is 5.32 Å². The second kappa shape index (κ2) is 15.4. The third-order valence-corrected chi connectivity index (χ3v) is 8.82. The standard InChI is InChI=1S/C38H36N2O7S/c1-24(44-25(2)42)36(43)39-31-19-17-30(18-20-31)37-45-32(21-33(46-37)27-15-13-26(22-41)14-16-27)23-48-38-40-34(28-9-5-3-6-10-28)35(47-38)29-11-7-4-8-12-29/h3-20,24,32-33,37,41H,21-23H2,1-2H3,(H,39,43)/t24-,32-,33+,37+/m0/s1. The van der Waals surface area contributed by atoms with E-state index in [1.807, 2.05) is 97.1 Å². The Morgan fingerprint density at radius 2 is 1.54 bits per heavy atom. The fraction of sp³-hybridized carbons (Fsp3) is 0.237. The zero-order chi connectivity index (χ0) is 33.5. The van der Waals surface area contributed by atoms with Crippen molar-refractivity contribution in [2.45, 2.75) is 56.7 Å². The number of ether oxygens (including phenoxy) is 3. The van der Waals surface area contributed by atoms with Gasteiger partial charge in [0, 0.05) is 41.5 Å². The van der Waals surface area contributed by atoms with Gasteiger partial charge in [0.05, 0.1) is 18.8 Å². The zero-order valence-corrected chi connectivity index (χ0v) is 27.4. The number of carbonyl (C=O) groups excluding carboxylic acids is 2. The molecule has 10 heteroatoms. The number of esters is 1. The van der Waals surface area contributed by atoms with Crippen LogP contribution in [0.3, 0.4) is 0 Å². The number of nitrogens with zero attached hydrogens (tertiary/aromatic N) is 1. The molecule has 9 nitrogen and oxygen atoms in total. The van der Waals surface area contributed by atoms with Crippen molar-refractivity contribution in [2.75, 3.05) is 11.1 Å². The molecule has 6 rings (SSSR count). The van der Waals surface area contributed by atoms with Crippen LogP contribution in [0.1, 0.15) is 49.4 Å². The molecule has 2 heterocycles. The summed E-state index contributed by atoms with van der Waals surface area (Å²) in [5.41, 5.74) is 5.84. The summed E-state index contributed by atoms with van der Waals surface area (Å²) in [5.74, 6) is 0.329. The number of aromatic nitrogens is 1. The van der Waals surface area contributed by atoms with E-state index in [-0.39, 0.29) is 18.8 Å². The first-order chi connectivity index (χ1) is 23.4. The Bertz CT molecular complexity index is 1760. The van der Waals surface area contributed by atoms with E-state index in [0.29, 0.717) is 28.8 Å². The van der Waals surface area contributed by atoms with Crippen LogP contribution in [0.15, 0.2) is 119 Å². The number of anilines is 1. The van der Waals surface area contributed by atoms with Crippen LogP contribution in [0.5, 0.6) is 0 Å². The summed E-state index contributed by atoms with van der Waals surface area (Å²) in [6.07, 6.45) is -1.48. The van der Waals surface area contributed by atoms with Crippen LogP contribution in [-0.4, -0.2) is 39.9 Å². The molecule has 0 unspecified atom stereocenters. The van der Waals surface area contributed by atoms with Crippen molar-refractivity contribution in [3.8, 4) is 22.6 Å². The molecule has 0 radical (unpaired) electrons. The molecule has 0 spiro atoms. The average Bonchev–Trinajstić information content (AvgIpc) is 3.56. The molecule has 1 fully saturated rings. The number of nitrogens with one attached hydrogen (secondary N) is 1. The van der Waals surface area contributed by atoms with Gasteiger partial charge in [-0.1, -0.05) is 109 Å². The van der Waals surface area contributed by atoms with Crippen LogP contribution >= 0.6 is 11.8 Å². The molecular weight excluding hydrogens is 628 g/mol. The lowest BCUT2D eigenvalue weighted by atomic mass is 10.0. The van der Waals surface area contributed by atoms with Gasteiger partial charge in [-0.15, -0.1) is 0 Å². The Balaban J connectivity index is 1.21. The number of aliphatic hydroxyl groups excluding tert-OH is 1. The summed E-state index contributed by atoms with van der Waals surface area (Å²) in [7, 11) is 0. The Morgan fingerprint density at radius 3 is 2.19 bits per heavy atom. The molecule has 4 atom stereocenters. The van der Waals surface area contributed by atoms with Crippen molar-refractivity contribution in [1.82, 2.24) is 4.98 Å². The highest BCUT2D eigenvalue weighted by molar-refractivity contribution is 7.99. The van der Waals surface area contributed by atoms with Gasteiger partial charge >= 0.3 is 5.97 Å². The molecule has 0 bridgehead atoms. The van der Waals surface area contributed by atoms with Crippen LogP contribution in [0.4, 0.5) is 5.69 Å². The Morgan fingerprint density at radius 1 is 0.896 bits per heavy atom. The smallest absolute Gasteiger partial charge is 0.303 e. The summed E-state index contributed by atoms with van der Waals surface area (Å²) in [4.78, 5) is 28.6. The molecule has 5 aromatic rings. The number of thioether (sulfide) groups is 1. The monoisotopic (exact) mass is 664 g/mol. The molecule has 4 aromatic carbocycles. The largest absolute Gasteiger partial charge is 0.453 e. The fourth-order valence-corrected chi connectivity index (χ4v) is 6.24. The first-order valence-corrected chi connectivity index (χ1v) is 16.7. The van der Waals surface area contributed by atoms with Gasteiger partial charge in [-0.2, -0.15) is 0 Å². The maximum absolute atomic E-state index is 12.4. The van der Waals surface area contributed by atoms with Crippen LogP contribution in [0.2, 0.25) is 0 Å². The van der Waals surface area contributed by atoms with Gasteiger partial charge in [-0.25, -0.2) is 4.98 Å². The van der Waals surface area contributed by atoms with Crippen molar-refractivity contribution >= 4 is 29.3 Å². The number of hydrogen-bond donors (Lipinski definition) is 2. The summed E-state index contributed by atoms with van der Waals surface area (Å²) >= 11 is 1.49. The number of benzene rings is 4. The second-order valence-corrected chi connectivity index (χ2v) is 12.4. The fourth-order valence-electron chi connectivity index (χ4n) is 5.40. The van der Waals surface area contributed by atoms with Gasteiger partial charge in [0.15, 0.2) is 18.2 Å². The summed E-state index contributed by atoms with van der Waals surface area (Å²) in [6, 6.07) is 34.9. The summed E-state index contributed by atoms with van der Waals surface area (Å²) in [5, 5.41) is 12.9. The minimum atomic E-state index is -0.917. The lowest BCUT2D eigenvalue weighted by Crippen LogP contribution is -2.31. The van der Waals surface area contributed by atoms with Crippen LogP contribution in [-0.2, 0) is 30.4 Å². The maximum atomic E-state index is 12.4. The van der Waals surface area contributed by atoms with E-state index < -0.39 is 24.3 Å². The van der Waals surface area contributed by atoms with Gasteiger partial charge in [0.25, 0.3) is 11.1 Å². The van der Waals surface area contributed by atoms with Gasteiger partial charge in [-0.3, -0.25) is 9.59 Å². The van der Waals surface area contributed by atoms with E-state index in [9.17, 15) is 14.7 Å². The molecule has 48 heavy (non-hydrogen) atoms. The average molecular weight is 665 g/mol. The van der Waals surface area contributed by atoms with Crippen molar-refractivity contribution < 1.29 is 33.3 Å². The minimum absolute atomic E-state index is 0.0363. The van der Waals surface area contributed by atoms with Gasteiger partial charge in [0.2, 0.25) is 0 Å². The van der Waals surface area contributed by atoms with E-state index >= 15 is 0 Å². The number of carbonyl (C=O) groups is 2. The molecule has 2 N–H and O–H groups in total. The maximum Gasteiger partial charge on any atom is 0.303 e. The van der Waals surface area contributed by atoms with E-state index in [2.05, 4.69) is 5.32 Å². The minimum Gasteiger partial charge on any atom is -0.453 e. The quantitative estimate of drug-likeness (QED) is 0.108. The predicted octanol–water partition coefficient (Wildman–Crippen LogP) is 7.73. The number of hydrogen-bond acceptors (Lipinski definition) is 9. The first kappa shape index (κ1) is 33.2. The predicted molar refractivity (Wildman–Crippen MR) is 183 cm³/mol. The van der Waals surface area contributed by atoms with E-state index in [1.54, 1.807) is 12.1 Å². The molecule has 246 valence electrons. The molecule has 0 aliphatic carbocycles. The highest BCUT2D eigenvalue weighted by Crippen LogP contribution is 2.41. The summed E-state index contributed by atoms with van der Waals surface area (Å²) in [6.45, 7) is 2.74. The molecular formula is C38H36N2O7S. The van der Waals surface area contributed by atoms with E-state index in [1.165, 1.54) is 25.6 Å². The first-order valence-electron chi connectivity index (χ1n) is 15.7. The van der Waals surface area contributed by atoms with Gasteiger partial charge < -0.3 is 29.1 Å². The Hall–Kier alpha value is -4.74. The molecule has 0 saturated carbocycles. The van der Waals surface area contributed by atoms with Crippen molar-refractivity contribution in [2.24, 2.45) is 0 Å². The molecule has 1 aliphatic rings. The van der Waals surface area contributed by atoms with Crippen LogP contribution in [0, 0.1) is 0 Å². The number of rotatable bonds is 11. The molecule has 1 amide bonds. The molecule has 1 aliphatic heterocycles. The van der Waals surface area contributed by atoms with Crippen molar-refractivity contribution in [1.29, 1.82) is 0 Å². The lowest BCUT2D eigenvalue weighted by Gasteiger charge is -2.36. The van der Waals surface area contributed by atoms with Gasteiger partial charge in [-0.05, 0) is 30.2 Å². The SMILES string of the molecule is CC(=O)O[C@@H](C)C(=O)Nc1ccc([C@@H]2O[C@H](CSc3nc(-c4ccccc4)c(-c4ccccc4)o3)C[C@H](c3ccc(CO)cc3)O2)cc1. The van der Waals surface area contributed by atoms with Crippen molar-refractivity contribution in [3.05, 3.63) is 126 Å². The summed E-state index contributed by atoms with van der Waals surface area (Å²) < 4.78 is 24.3.